The molecule has 2 rings (SSSR count). The molecule has 29 heavy (non-hydrogen) atoms. The number of thioether (sulfide) groups is 1. The topological polar surface area (TPSA) is 78.9 Å². The van der Waals surface area contributed by atoms with Crippen molar-refractivity contribution in [2.75, 3.05) is 14.2 Å². The van der Waals surface area contributed by atoms with Crippen LogP contribution in [0.15, 0.2) is 41.3 Å². The number of halogens is 4. The van der Waals surface area contributed by atoms with Crippen LogP contribution in [0.2, 0.25) is 0 Å². The highest BCUT2D eigenvalue weighted by Crippen LogP contribution is 2.38. The molecule has 12 heteroatoms. The summed E-state index contributed by atoms with van der Waals surface area (Å²) in [6.07, 6.45) is 0. The highest BCUT2D eigenvalue weighted by Gasteiger charge is 2.49. The van der Waals surface area contributed by atoms with Gasteiger partial charge in [-0.1, -0.05) is 12.1 Å². The maximum Gasteiger partial charge on any atom is 0.534 e. The molecule has 0 radical (unpaired) electrons. The molecular formula is C17H14F4O6S2. The first-order valence-corrected chi connectivity index (χ1v) is 10.1. The summed E-state index contributed by atoms with van der Waals surface area (Å²) in [4.78, 5) is 11.3. The number of rotatable bonds is 7. The first-order chi connectivity index (χ1) is 13.5. The fraction of sp³-hybridized carbons (Fsp3) is 0.235. The van der Waals surface area contributed by atoms with Crippen LogP contribution in [-0.4, -0.2) is 34.1 Å². The van der Waals surface area contributed by atoms with Gasteiger partial charge < -0.3 is 13.7 Å². The smallest absolute Gasteiger partial charge is 0.497 e. The lowest BCUT2D eigenvalue weighted by Crippen LogP contribution is -2.28. The van der Waals surface area contributed by atoms with Crippen molar-refractivity contribution >= 4 is 27.8 Å². The monoisotopic (exact) mass is 454 g/mol. The lowest BCUT2D eigenvalue weighted by Gasteiger charge is -2.14. The van der Waals surface area contributed by atoms with Gasteiger partial charge in [-0.3, -0.25) is 0 Å². The molecule has 0 spiro atoms. The average molecular weight is 454 g/mol. The summed E-state index contributed by atoms with van der Waals surface area (Å²) in [6.45, 7) is 0. The van der Waals surface area contributed by atoms with Gasteiger partial charge in [-0.05, 0) is 29.8 Å². The Morgan fingerprint density at radius 2 is 1.72 bits per heavy atom. The number of esters is 1. The lowest BCUT2D eigenvalue weighted by atomic mass is 10.2. The summed E-state index contributed by atoms with van der Waals surface area (Å²) < 4.78 is 88.4. The van der Waals surface area contributed by atoms with Gasteiger partial charge in [0.05, 0.1) is 24.7 Å². The molecule has 158 valence electrons. The molecule has 0 atom stereocenters. The Balaban J connectivity index is 2.42. The Kier molecular flexibility index (Phi) is 7.01. The Bertz CT molecular complexity index is 988. The van der Waals surface area contributed by atoms with E-state index in [1.807, 2.05) is 0 Å². The highest BCUT2D eigenvalue weighted by molar-refractivity contribution is 7.98. The third-order valence-electron chi connectivity index (χ3n) is 3.46. The number of benzene rings is 2. The van der Waals surface area contributed by atoms with Crippen LogP contribution in [0, 0.1) is 5.82 Å². The number of carbonyl (C=O) groups is 1. The van der Waals surface area contributed by atoms with E-state index < -0.39 is 33.2 Å². The van der Waals surface area contributed by atoms with Crippen molar-refractivity contribution in [3.05, 3.63) is 53.3 Å². The van der Waals surface area contributed by atoms with Gasteiger partial charge in [-0.15, -0.1) is 11.8 Å². The molecule has 0 saturated heterocycles. The van der Waals surface area contributed by atoms with Crippen molar-refractivity contribution in [2.45, 2.75) is 16.2 Å². The molecule has 0 aliphatic rings. The average Bonchev–Trinajstić information content (AvgIpc) is 2.67. The minimum Gasteiger partial charge on any atom is -0.497 e. The molecule has 6 nitrogen and oxygen atoms in total. The van der Waals surface area contributed by atoms with Crippen LogP contribution in [0.3, 0.4) is 0 Å². The second-order valence-corrected chi connectivity index (χ2v) is 7.95. The van der Waals surface area contributed by atoms with E-state index in [9.17, 15) is 30.8 Å². The van der Waals surface area contributed by atoms with Crippen LogP contribution < -0.4 is 8.92 Å². The van der Waals surface area contributed by atoms with Gasteiger partial charge >= 0.3 is 21.6 Å². The zero-order valence-corrected chi connectivity index (χ0v) is 16.6. The van der Waals surface area contributed by atoms with Gasteiger partial charge in [0.1, 0.15) is 5.75 Å². The Labute approximate surface area is 167 Å². The van der Waals surface area contributed by atoms with E-state index in [0.717, 1.165) is 24.9 Å². The highest BCUT2D eigenvalue weighted by atomic mass is 32.2. The second-order valence-electron chi connectivity index (χ2n) is 5.40. The molecule has 2 aromatic carbocycles. The molecule has 2 aromatic rings. The molecule has 0 unspecified atom stereocenters. The maximum atomic E-state index is 14.4. The Morgan fingerprint density at radius 3 is 2.24 bits per heavy atom. The molecule has 0 N–H and O–H groups in total. The SMILES string of the molecule is COC(=O)c1cc(F)c(OS(=O)(=O)C(F)(F)F)c(SCc2ccc(OC)cc2)c1. The zero-order chi connectivity index (χ0) is 21.8. The molecule has 0 aromatic heterocycles. The number of methoxy groups -OCH3 is 2. The van der Waals surface area contributed by atoms with Crippen molar-refractivity contribution < 1.29 is 44.4 Å². The third kappa shape index (κ3) is 5.54. The molecule has 0 fully saturated rings. The first-order valence-electron chi connectivity index (χ1n) is 7.67. The fourth-order valence-corrected chi connectivity index (χ4v) is 3.56. The predicted octanol–water partition coefficient (Wildman–Crippen LogP) is 4.14. The molecule has 0 aliphatic carbocycles. The lowest BCUT2D eigenvalue weighted by molar-refractivity contribution is -0.0501. The van der Waals surface area contributed by atoms with Gasteiger partial charge in [0.2, 0.25) is 0 Å². The van der Waals surface area contributed by atoms with Gasteiger partial charge in [-0.25, -0.2) is 9.18 Å². The molecule has 0 bridgehead atoms. The van der Waals surface area contributed by atoms with Crippen LogP contribution in [0.5, 0.6) is 11.5 Å². The van der Waals surface area contributed by atoms with Crippen molar-refractivity contribution in [1.82, 2.24) is 0 Å². The largest absolute Gasteiger partial charge is 0.534 e. The van der Waals surface area contributed by atoms with E-state index in [1.54, 1.807) is 24.3 Å². The minimum absolute atomic E-state index is 0.108. The van der Waals surface area contributed by atoms with E-state index in [4.69, 9.17) is 4.74 Å². The quantitative estimate of drug-likeness (QED) is 0.205. The molecule has 0 saturated carbocycles. The van der Waals surface area contributed by atoms with Crippen LogP contribution in [0.25, 0.3) is 0 Å². The fourth-order valence-electron chi connectivity index (χ4n) is 2.03. The van der Waals surface area contributed by atoms with Crippen LogP contribution >= 0.6 is 11.8 Å². The molecule has 0 aliphatic heterocycles. The third-order valence-corrected chi connectivity index (χ3v) is 5.51. The van der Waals surface area contributed by atoms with Crippen molar-refractivity contribution in [2.24, 2.45) is 0 Å². The second kappa shape index (κ2) is 8.91. The predicted molar refractivity (Wildman–Crippen MR) is 95.9 cm³/mol. The van der Waals surface area contributed by atoms with Crippen LogP contribution in [0.4, 0.5) is 17.6 Å². The first kappa shape index (κ1) is 22.8. The summed E-state index contributed by atoms with van der Waals surface area (Å²) >= 11 is 0.776. The number of ether oxygens (including phenoxy) is 2. The van der Waals surface area contributed by atoms with Crippen molar-refractivity contribution in [1.29, 1.82) is 0 Å². The summed E-state index contributed by atoms with van der Waals surface area (Å²) in [5.41, 5.74) is -5.40. The zero-order valence-electron chi connectivity index (χ0n) is 14.9. The van der Waals surface area contributed by atoms with Crippen LogP contribution in [-0.2, 0) is 20.6 Å². The van der Waals surface area contributed by atoms with Crippen LogP contribution in [0.1, 0.15) is 15.9 Å². The Morgan fingerprint density at radius 1 is 1.10 bits per heavy atom. The van der Waals surface area contributed by atoms with E-state index in [-0.39, 0.29) is 16.2 Å². The minimum atomic E-state index is -6.11. The molecular weight excluding hydrogens is 440 g/mol. The number of alkyl halides is 3. The standard InChI is InChI=1S/C17H14F4O6S2/c1-25-12-5-3-10(4-6-12)9-28-14-8-11(16(22)26-2)7-13(18)15(14)27-29(23,24)17(19,20)21/h3-8H,9H2,1-2H3. The van der Waals surface area contributed by atoms with Crippen molar-refractivity contribution in [3.63, 3.8) is 0 Å². The summed E-state index contributed by atoms with van der Waals surface area (Å²) in [5, 5.41) is 0. The molecule has 0 amide bonds. The van der Waals surface area contributed by atoms with Gasteiger partial charge in [0.15, 0.2) is 11.6 Å². The van der Waals surface area contributed by atoms with Gasteiger partial charge in [0, 0.05) is 5.75 Å². The molecule has 0 heterocycles. The van der Waals surface area contributed by atoms with Crippen molar-refractivity contribution in [3.8, 4) is 11.5 Å². The summed E-state index contributed by atoms with van der Waals surface area (Å²) in [6, 6.07) is 8.09. The number of carbonyl (C=O) groups excluding carboxylic acids is 1. The van der Waals surface area contributed by atoms with Gasteiger partial charge in [0.25, 0.3) is 0 Å². The maximum absolute atomic E-state index is 14.4. The Hall–Kier alpha value is -2.47. The number of hydrogen-bond donors (Lipinski definition) is 0. The normalized spacial score (nSPS) is 11.8. The summed E-state index contributed by atoms with van der Waals surface area (Å²) in [7, 11) is -3.61. The van der Waals surface area contributed by atoms with E-state index in [0.29, 0.717) is 17.4 Å². The van der Waals surface area contributed by atoms with Gasteiger partial charge in [-0.2, -0.15) is 21.6 Å². The van der Waals surface area contributed by atoms with E-state index in [2.05, 4.69) is 8.92 Å². The summed E-state index contributed by atoms with van der Waals surface area (Å²) in [5.74, 6) is -2.90. The van der Waals surface area contributed by atoms with E-state index >= 15 is 0 Å². The number of hydrogen-bond acceptors (Lipinski definition) is 7. The van der Waals surface area contributed by atoms with E-state index in [1.165, 1.54) is 7.11 Å².